The molecule has 1 heterocycles. The van der Waals surface area contributed by atoms with E-state index in [0.29, 0.717) is 18.9 Å². The minimum atomic E-state index is -0.115. The van der Waals surface area contributed by atoms with Crippen LogP contribution in [0, 0.1) is 5.92 Å². The molecule has 0 saturated carbocycles. The quantitative estimate of drug-likeness (QED) is 0.392. The average Bonchev–Trinajstić information content (AvgIpc) is 2.14. The third kappa shape index (κ3) is 1.13. The van der Waals surface area contributed by atoms with Crippen molar-refractivity contribution in [3.63, 3.8) is 0 Å². The van der Waals surface area contributed by atoms with Gasteiger partial charge in [0.2, 0.25) is 0 Å². The molecule has 1 atom stereocenters. The lowest BCUT2D eigenvalue weighted by atomic mass is 10.2. The zero-order valence-corrected chi connectivity index (χ0v) is 5.15. The largest absolute Gasteiger partial charge is 0.465 e. The predicted octanol–water partition coefficient (Wildman–Crippen LogP) is 0.788. The highest BCUT2D eigenvalue weighted by atomic mass is 35.5. The molecule has 2 nitrogen and oxygen atoms in total. The van der Waals surface area contributed by atoms with Crippen LogP contribution in [0.25, 0.3) is 0 Å². The van der Waals surface area contributed by atoms with Crippen molar-refractivity contribution in [3.8, 4) is 0 Å². The summed E-state index contributed by atoms with van der Waals surface area (Å²) in [6.45, 7) is 0.516. The van der Waals surface area contributed by atoms with Crippen molar-refractivity contribution in [3.05, 3.63) is 0 Å². The molecule has 0 radical (unpaired) electrons. The standard InChI is InChI=1S/C5H7ClO2/c6-2-4-1-5(7)8-3-4/h4H,1-3H2/t4-/m0/s1. The minimum absolute atomic E-state index is 0.115. The maximum Gasteiger partial charge on any atom is 0.306 e. The second-order valence-electron chi connectivity index (χ2n) is 1.91. The van der Waals surface area contributed by atoms with Gasteiger partial charge in [-0.3, -0.25) is 4.79 Å². The van der Waals surface area contributed by atoms with E-state index in [9.17, 15) is 4.79 Å². The Bertz CT molecular complexity index is 103. The molecule has 0 aromatic heterocycles. The molecule has 1 aliphatic heterocycles. The Balaban J connectivity index is 2.32. The number of hydrogen-bond donors (Lipinski definition) is 0. The average molecular weight is 135 g/mol. The third-order valence-corrected chi connectivity index (χ3v) is 1.59. The first-order chi connectivity index (χ1) is 3.83. The number of halogens is 1. The molecule has 0 amide bonds. The molecule has 0 bridgehead atoms. The molecule has 46 valence electrons. The molecule has 1 saturated heterocycles. The summed E-state index contributed by atoms with van der Waals surface area (Å²) in [5.74, 6) is 0.686. The van der Waals surface area contributed by atoms with Gasteiger partial charge in [-0.05, 0) is 0 Å². The second-order valence-corrected chi connectivity index (χ2v) is 2.22. The Morgan fingerprint density at radius 1 is 1.88 bits per heavy atom. The number of alkyl halides is 1. The minimum Gasteiger partial charge on any atom is -0.465 e. The normalized spacial score (nSPS) is 28.1. The molecule has 0 N–H and O–H groups in total. The molecule has 1 fully saturated rings. The fourth-order valence-corrected chi connectivity index (χ4v) is 0.862. The van der Waals surface area contributed by atoms with Gasteiger partial charge < -0.3 is 4.74 Å². The number of ether oxygens (including phenoxy) is 1. The van der Waals surface area contributed by atoms with E-state index in [4.69, 9.17) is 11.6 Å². The monoisotopic (exact) mass is 134 g/mol. The van der Waals surface area contributed by atoms with Gasteiger partial charge >= 0.3 is 5.97 Å². The topological polar surface area (TPSA) is 26.3 Å². The summed E-state index contributed by atoms with van der Waals surface area (Å²) in [6, 6.07) is 0. The Labute approximate surface area is 52.8 Å². The molecule has 1 rings (SSSR count). The van der Waals surface area contributed by atoms with Gasteiger partial charge in [-0.25, -0.2) is 0 Å². The van der Waals surface area contributed by atoms with Crippen LogP contribution in [0.15, 0.2) is 0 Å². The van der Waals surface area contributed by atoms with Crippen molar-refractivity contribution in [1.82, 2.24) is 0 Å². The molecule has 0 spiro atoms. The van der Waals surface area contributed by atoms with Crippen LogP contribution in [0.3, 0.4) is 0 Å². The summed E-state index contributed by atoms with van der Waals surface area (Å²) >= 11 is 5.44. The van der Waals surface area contributed by atoms with Crippen LogP contribution in [0.5, 0.6) is 0 Å². The molecule has 1 aliphatic rings. The lowest BCUT2D eigenvalue weighted by Gasteiger charge is -1.93. The number of rotatable bonds is 1. The molecule has 0 aromatic rings. The van der Waals surface area contributed by atoms with Gasteiger partial charge in [-0.2, -0.15) is 0 Å². The van der Waals surface area contributed by atoms with Crippen LogP contribution in [0.4, 0.5) is 0 Å². The number of esters is 1. The van der Waals surface area contributed by atoms with Crippen molar-refractivity contribution in [1.29, 1.82) is 0 Å². The summed E-state index contributed by atoms with van der Waals surface area (Å²) in [5, 5.41) is 0. The van der Waals surface area contributed by atoms with Gasteiger partial charge in [0.25, 0.3) is 0 Å². The molecular formula is C5H7ClO2. The molecule has 8 heavy (non-hydrogen) atoms. The maximum absolute atomic E-state index is 10.3. The second kappa shape index (κ2) is 2.35. The number of carbonyl (C=O) groups is 1. The Morgan fingerprint density at radius 2 is 2.62 bits per heavy atom. The number of carbonyl (C=O) groups excluding carboxylic acids is 1. The Hall–Kier alpha value is -0.240. The van der Waals surface area contributed by atoms with Gasteiger partial charge in [0.15, 0.2) is 0 Å². The Morgan fingerprint density at radius 3 is 2.88 bits per heavy atom. The van der Waals surface area contributed by atoms with Gasteiger partial charge in [-0.1, -0.05) is 0 Å². The first-order valence-corrected chi connectivity index (χ1v) is 3.08. The summed E-state index contributed by atoms with van der Waals surface area (Å²) in [6.07, 6.45) is 0.503. The first kappa shape index (κ1) is 5.89. The third-order valence-electron chi connectivity index (χ3n) is 1.15. The van der Waals surface area contributed by atoms with Gasteiger partial charge in [0, 0.05) is 11.8 Å². The van der Waals surface area contributed by atoms with E-state index in [-0.39, 0.29) is 11.9 Å². The van der Waals surface area contributed by atoms with Crippen LogP contribution in [-0.4, -0.2) is 18.5 Å². The lowest BCUT2D eigenvalue weighted by Crippen LogP contribution is -1.99. The molecule has 0 aromatic carbocycles. The summed E-state index contributed by atoms with van der Waals surface area (Å²) < 4.78 is 4.63. The predicted molar refractivity (Wildman–Crippen MR) is 29.8 cm³/mol. The lowest BCUT2D eigenvalue weighted by molar-refractivity contribution is -0.137. The van der Waals surface area contributed by atoms with E-state index in [1.165, 1.54) is 0 Å². The van der Waals surface area contributed by atoms with Crippen LogP contribution >= 0.6 is 11.6 Å². The van der Waals surface area contributed by atoms with Crippen LogP contribution in [0.2, 0.25) is 0 Å². The smallest absolute Gasteiger partial charge is 0.306 e. The highest BCUT2D eigenvalue weighted by Crippen LogP contribution is 2.14. The van der Waals surface area contributed by atoms with Crippen molar-refractivity contribution in [2.75, 3.05) is 12.5 Å². The van der Waals surface area contributed by atoms with E-state index < -0.39 is 0 Å². The number of cyclic esters (lactones) is 1. The van der Waals surface area contributed by atoms with Crippen molar-refractivity contribution in [2.24, 2.45) is 5.92 Å². The van der Waals surface area contributed by atoms with E-state index in [2.05, 4.69) is 4.74 Å². The van der Waals surface area contributed by atoms with Crippen molar-refractivity contribution >= 4 is 17.6 Å². The SMILES string of the molecule is O=C1C[C@@H](CCl)CO1. The maximum atomic E-state index is 10.3. The van der Waals surface area contributed by atoms with Crippen molar-refractivity contribution < 1.29 is 9.53 Å². The molecular weight excluding hydrogens is 128 g/mol. The van der Waals surface area contributed by atoms with E-state index in [0.717, 1.165) is 0 Å². The fraction of sp³-hybridized carbons (Fsp3) is 0.800. The van der Waals surface area contributed by atoms with Crippen LogP contribution < -0.4 is 0 Å². The first-order valence-electron chi connectivity index (χ1n) is 2.54. The zero-order chi connectivity index (χ0) is 5.98. The molecule has 0 aliphatic carbocycles. The molecule has 3 heteroatoms. The highest BCUT2D eigenvalue weighted by Gasteiger charge is 2.21. The van der Waals surface area contributed by atoms with Crippen LogP contribution in [0.1, 0.15) is 6.42 Å². The Kier molecular flexibility index (Phi) is 1.73. The van der Waals surface area contributed by atoms with Crippen LogP contribution in [-0.2, 0) is 9.53 Å². The van der Waals surface area contributed by atoms with Gasteiger partial charge in [-0.15, -0.1) is 11.6 Å². The van der Waals surface area contributed by atoms with Gasteiger partial charge in [0.05, 0.1) is 13.0 Å². The highest BCUT2D eigenvalue weighted by molar-refractivity contribution is 6.18. The van der Waals surface area contributed by atoms with Gasteiger partial charge in [0.1, 0.15) is 0 Å². The van der Waals surface area contributed by atoms with Crippen molar-refractivity contribution in [2.45, 2.75) is 6.42 Å². The fourth-order valence-electron chi connectivity index (χ4n) is 0.663. The number of hydrogen-bond acceptors (Lipinski definition) is 2. The van der Waals surface area contributed by atoms with E-state index >= 15 is 0 Å². The summed E-state index contributed by atoms with van der Waals surface area (Å²) in [5.41, 5.74) is 0. The van der Waals surface area contributed by atoms with E-state index in [1.807, 2.05) is 0 Å². The summed E-state index contributed by atoms with van der Waals surface area (Å²) in [4.78, 5) is 10.3. The van der Waals surface area contributed by atoms with E-state index in [1.54, 1.807) is 0 Å². The summed E-state index contributed by atoms with van der Waals surface area (Å²) in [7, 11) is 0. The molecule has 0 unspecified atom stereocenters. The zero-order valence-electron chi connectivity index (χ0n) is 4.39.